The second-order valence-corrected chi connectivity index (χ2v) is 5.93. The van der Waals surface area contributed by atoms with Crippen LogP contribution < -0.4 is 0 Å². The van der Waals surface area contributed by atoms with E-state index in [4.69, 9.17) is 4.98 Å². The Morgan fingerprint density at radius 1 is 1.05 bits per heavy atom. The standard InChI is InChI=1S/C18H22FNO/c1-11(2)17-9-15(13-5-7-14(19)8-6-13)16(10-21)18(20-17)12(3)4/h5-9,11-12,21H,10H2,1-4H3. The average molecular weight is 287 g/mol. The Labute approximate surface area is 125 Å². The molecule has 2 nitrogen and oxygen atoms in total. The molecule has 112 valence electrons. The van der Waals surface area contributed by atoms with Crippen molar-refractivity contribution < 1.29 is 9.50 Å². The minimum Gasteiger partial charge on any atom is -0.392 e. The van der Waals surface area contributed by atoms with E-state index in [0.29, 0.717) is 5.92 Å². The topological polar surface area (TPSA) is 33.1 Å². The van der Waals surface area contributed by atoms with Crippen LogP contribution in [0.1, 0.15) is 56.5 Å². The summed E-state index contributed by atoms with van der Waals surface area (Å²) in [6.45, 7) is 8.27. The highest BCUT2D eigenvalue weighted by Gasteiger charge is 2.17. The maximum absolute atomic E-state index is 13.1. The molecule has 3 heteroatoms. The molecule has 0 aliphatic heterocycles. The van der Waals surface area contributed by atoms with E-state index in [9.17, 15) is 9.50 Å². The van der Waals surface area contributed by atoms with E-state index in [-0.39, 0.29) is 18.3 Å². The molecule has 0 fully saturated rings. The number of hydrogen-bond acceptors (Lipinski definition) is 2. The third-order valence-corrected chi connectivity index (χ3v) is 3.63. The largest absolute Gasteiger partial charge is 0.392 e. The lowest BCUT2D eigenvalue weighted by Crippen LogP contribution is -2.07. The molecule has 0 aliphatic rings. The van der Waals surface area contributed by atoms with Crippen molar-refractivity contribution in [1.29, 1.82) is 0 Å². The second kappa shape index (κ2) is 6.35. The summed E-state index contributed by atoms with van der Waals surface area (Å²) in [5.41, 5.74) is 4.60. The van der Waals surface area contributed by atoms with Crippen molar-refractivity contribution >= 4 is 0 Å². The van der Waals surface area contributed by atoms with E-state index < -0.39 is 0 Å². The van der Waals surface area contributed by atoms with Gasteiger partial charge in [-0.15, -0.1) is 0 Å². The molecule has 21 heavy (non-hydrogen) atoms. The molecule has 1 aromatic carbocycles. The number of aliphatic hydroxyl groups excluding tert-OH is 1. The first-order chi connectivity index (χ1) is 9.93. The molecule has 0 amide bonds. The number of pyridine rings is 1. The van der Waals surface area contributed by atoms with Crippen molar-refractivity contribution in [3.05, 3.63) is 53.1 Å². The molecule has 0 unspecified atom stereocenters. The quantitative estimate of drug-likeness (QED) is 0.889. The summed E-state index contributed by atoms with van der Waals surface area (Å²) < 4.78 is 13.1. The van der Waals surface area contributed by atoms with E-state index in [1.165, 1.54) is 12.1 Å². The van der Waals surface area contributed by atoms with Gasteiger partial charge in [0.15, 0.2) is 0 Å². The van der Waals surface area contributed by atoms with Crippen LogP contribution in [0, 0.1) is 5.82 Å². The number of aromatic nitrogens is 1. The zero-order valence-electron chi connectivity index (χ0n) is 13.0. The number of halogens is 1. The smallest absolute Gasteiger partial charge is 0.123 e. The van der Waals surface area contributed by atoms with Gasteiger partial charge in [-0.1, -0.05) is 39.8 Å². The molecule has 1 heterocycles. The highest BCUT2D eigenvalue weighted by Crippen LogP contribution is 2.32. The molecule has 0 aliphatic carbocycles. The Hall–Kier alpha value is -1.74. The first-order valence-electron chi connectivity index (χ1n) is 7.34. The van der Waals surface area contributed by atoms with Crippen molar-refractivity contribution in [2.45, 2.75) is 46.1 Å². The number of nitrogens with zero attached hydrogens (tertiary/aromatic N) is 1. The van der Waals surface area contributed by atoms with E-state index in [2.05, 4.69) is 27.7 Å². The van der Waals surface area contributed by atoms with Gasteiger partial charge in [-0.25, -0.2) is 4.39 Å². The van der Waals surface area contributed by atoms with E-state index >= 15 is 0 Å². The third kappa shape index (κ3) is 3.30. The average Bonchev–Trinajstić information content (AvgIpc) is 2.46. The molecule has 0 atom stereocenters. The summed E-state index contributed by atoms with van der Waals surface area (Å²) in [7, 11) is 0. The van der Waals surface area contributed by atoms with Gasteiger partial charge in [0.1, 0.15) is 5.82 Å². The maximum Gasteiger partial charge on any atom is 0.123 e. The Balaban J connectivity index is 2.69. The molecule has 0 radical (unpaired) electrons. The van der Waals surface area contributed by atoms with Crippen molar-refractivity contribution in [2.24, 2.45) is 0 Å². The third-order valence-electron chi connectivity index (χ3n) is 3.63. The van der Waals surface area contributed by atoms with Crippen LogP contribution in [0.4, 0.5) is 4.39 Å². The minimum atomic E-state index is -0.258. The SMILES string of the molecule is CC(C)c1cc(-c2ccc(F)cc2)c(CO)c(C(C)C)n1. The Morgan fingerprint density at radius 2 is 1.67 bits per heavy atom. The fourth-order valence-corrected chi connectivity index (χ4v) is 2.44. The molecule has 2 aromatic rings. The number of hydrogen-bond donors (Lipinski definition) is 1. The van der Waals surface area contributed by atoms with Gasteiger partial charge in [0.2, 0.25) is 0 Å². The summed E-state index contributed by atoms with van der Waals surface area (Å²) in [6.07, 6.45) is 0. The number of aliphatic hydroxyl groups is 1. The molecule has 1 aromatic heterocycles. The second-order valence-electron chi connectivity index (χ2n) is 5.93. The molecule has 1 N–H and O–H groups in total. The molecule has 0 spiro atoms. The summed E-state index contributed by atoms with van der Waals surface area (Å²) in [5, 5.41) is 9.78. The maximum atomic E-state index is 13.1. The summed E-state index contributed by atoms with van der Waals surface area (Å²) in [5.74, 6) is 0.269. The Morgan fingerprint density at radius 3 is 2.14 bits per heavy atom. The van der Waals surface area contributed by atoms with Gasteiger partial charge in [-0.2, -0.15) is 0 Å². The normalized spacial score (nSPS) is 11.4. The van der Waals surface area contributed by atoms with Gasteiger partial charge in [0.25, 0.3) is 0 Å². The van der Waals surface area contributed by atoms with Gasteiger partial charge in [-0.3, -0.25) is 4.98 Å². The van der Waals surface area contributed by atoms with Crippen LogP contribution in [0.2, 0.25) is 0 Å². The van der Waals surface area contributed by atoms with Crippen LogP contribution in [-0.4, -0.2) is 10.1 Å². The van der Waals surface area contributed by atoms with Crippen molar-refractivity contribution in [3.63, 3.8) is 0 Å². The van der Waals surface area contributed by atoms with Gasteiger partial charge >= 0.3 is 0 Å². The van der Waals surface area contributed by atoms with Crippen molar-refractivity contribution in [1.82, 2.24) is 4.98 Å². The summed E-state index contributed by atoms with van der Waals surface area (Å²) >= 11 is 0. The summed E-state index contributed by atoms with van der Waals surface area (Å²) in [6, 6.07) is 8.40. The number of rotatable bonds is 4. The minimum absolute atomic E-state index is 0.0639. The zero-order chi connectivity index (χ0) is 15.6. The van der Waals surface area contributed by atoms with Gasteiger partial charge in [0.05, 0.1) is 6.61 Å². The molecule has 2 rings (SSSR count). The Bertz CT molecular complexity index is 618. The first-order valence-corrected chi connectivity index (χ1v) is 7.34. The van der Waals surface area contributed by atoms with Crippen LogP contribution in [0.25, 0.3) is 11.1 Å². The van der Waals surface area contributed by atoms with Crippen LogP contribution in [0.5, 0.6) is 0 Å². The predicted molar refractivity (Wildman–Crippen MR) is 83.7 cm³/mol. The lowest BCUT2D eigenvalue weighted by molar-refractivity contribution is 0.280. The molecule has 0 bridgehead atoms. The fourth-order valence-electron chi connectivity index (χ4n) is 2.44. The lowest BCUT2D eigenvalue weighted by Gasteiger charge is -2.18. The van der Waals surface area contributed by atoms with E-state index in [1.54, 1.807) is 12.1 Å². The van der Waals surface area contributed by atoms with Gasteiger partial charge < -0.3 is 5.11 Å². The van der Waals surface area contributed by atoms with Crippen molar-refractivity contribution in [2.75, 3.05) is 0 Å². The highest BCUT2D eigenvalue weighted by atomic mass is 19.1. The van der Waals surface area contributed by atoms with Crippen LogP contribution in [0.15, 0.2) is 30.3 Å². The van der Waals surface area contributed by atoms with Crippen molar-refractivity contribution in [3.8, 4) is 11.1 Å². The van der Waals surface area contributed by atoms with Crippen LogP contribution in [0.3, 0.4) is 0 Å². The lowest BCUT2D eigenvalue weighted by atomic mass is 9.92. The molecule has 0 saturated heterocycles. The number of benzene rings is 1. The van der Waals surface area contributed by atoms with E-state index in [1.807, 2.05) is 6.07 Å². The van der Waals surface area contributed by atoms with Gasteiger partial charge in [-0.05, 0) is 41.2 Å². The zero-order valence-corrected chi connectivity index (χ0v) is 13.0. The van der Waals surface area contributed by atoms with Crippen LogP contribution in [-0.2, 0) is 6.61 Å². The highest BCUT2D eigenvalue weighted by molar-refractivity contribution is 5.69. The first kappa shape index (κ1) is 15.6. The van der Waals surface area contributed by atoms with Crippen LogP contribution >= 0.6 is 0 Å². The summed E-state index contributed by atoms with van der Waals surface area (Å²) in [4.78, 5) is 4.71. The van der Waals surface area contributed by atoms with Gasteiger partial charge in [0, 0.05) is 17.0 Å². The van der Waals surface area contributed by atoms with E-state index in [0.717, 1.165) is 28.1 Å². The molecular weight excluding hydrogens is 265 g/mol. The predicted octanol–water partition coefficient (Wildman–Crippen LogP) is 4.63. The fraction of sp³-hybridized carbons (Fsp3) is 0.389. The molecular formula is C18H22FNO. The molecule has 0 saturated carbocycles. The monoisotopic (exact) mass is 287 g/mol. The Kier molecular flexibility index (Phi) is 4.73.